The molecule has 0 saturated carbocycles. The lowest BCUT2D eigenvalue weighted by Gasteiger charge is -2.25. The highest BCUT2D eigenvalue weighted by Crippen LogP contribution is 2.33. The number of sulfonamides is 1. The quantitative estimate of drug-likeness (QED) is 0.660. The lowest BCUT2D eigenvalue weighted by molar-refractivity contribution is 0.0613. The average Bonchev–Trinajstić information content (AvgIpc) is 3.40. The first kappa shape index (κ1) is 17.7. The molecule has 8 nitrogen and oxygen atoms in total. The molecule has 4 rings (SSSR count). The zero-order valence-corrected chi connectivity index (χ0v) is 14.9. The molecule has 0 bridgehead atoms. The monoisotopic (exact) mass is 391 g/mol. The molecule has 0 fully saturated rings. The number of rotatable bonds is 6. The smallest absolute Gasteiger partial charge is 0.240 e. The Morgan fingerprint density at radius 2 is 1.89 bits per heavy atom. The summed E-state index contributed by atoms with van der Waals surface area (Å²) in [6.45, 7) is 0.414. The van der Waals surface area contributed by atoms with Crippen LogP contribution in [-0.4, -0.2) is 33.3 Å². The third kappa shape index (κ3) is 3.32. The van der Waals surface area contributed by atoms with Gasteiger partial charge in [0.2, 0.25) is 10.0 Å². The molecule has 2 N–H and O–H groups in total. The zero-order valence-electron chi connectivity index (χ0n) is 14.1. The van der Waals surface area contributed by atoms with Crippen LogP contribution in [-0.2, 0) is 15.6 Å². The Morgan fingerprint density at radius 1 is 1.07 bits per heavy atom. The molecule has 0 spiro atoms. The molecule has 0 saturated heterocycles. The minimum absolute atomic E-state index is 0.000684. The Labute approximate surface area is 155 Å². The first-order chi connectivity index (χ1) is 13.0. The number of hydrogen-bond donors (Lipinski definition) is 2. The summed E-state index contributed by atoms with van der Waals surface area (Å²) in [6.07, 6.45) is 4.12. The number of aliphatic hydroxyl groups is 1. The van der Waals surface area contributed by atoms with Gasteiger partial charge in [-0.3, -0.25) is 0 Å². The minimum atomic E-state index is -3.93. The molecule has 0 unspecified atom stereocenters. The van der Waals surface area contributed by atoms with E-state index in [4.69, 9.17) is 18.3 Å². The minimum Gasteiger partial charge on any atom is -0.486 e. The van der Waals surface area contributed by atoms with Gasteiger partial charge in [-0.05, 0) is 30.3 Å². The summed E-state index contributed by atoms with van der Waals surface area (Å²) in [5, 5.41) is 11.1. The molecule has 0 amide bonds. The van der Waals surface area contributed by atoms with E-state index in [2.05, 4.69) is 4.72 Å². The van der Waals surface area contributed by atoms with E-state index in [1.54, 1.807) is 18.2 Å². The lowest BCUT2D eigenvalue weighted by Crippen LogP contribution is -2.41. The summed E-state index contributed by atoms with van der Waals surface area (Å²) in [5.41, 5.74) is -1.36. The summed E-state index contributed by atoms with van der Waals surface area (Å²) in [5.74, 6) is 1.04. The molecule has 0 aliphatic carbocycles. The lowest BCUT2D eigenvalue weighted by atomic mass is 9.94. The van der Waals surface area contributed by atoms with E-state index < -0.39 is 15.6 Å². The van der Waals surface area contributed by atoms with E-state index >= 15 is 0 Å². The number of hydrogen-bond acceptors (Lipinski definition) is 7. The second kappa shape index (κ2) is 6.76. The molecule has 0 radical (unpaired) electrons. The first-order valence-electron chi connectivity index (χ1n) is 8.17. The van der Waals surface area contributed by atoms with Crippen LogP contribution < -0.4 is 14.2 Å². The van der Waals surface area contributed by atoms with Gasteiger partial charge in [0.1, 0.15) is 19.0 Å². The summed E-state index contributed by atoms with van der Waals surface area (Å²) >= 11 is 0. The SMILES string of the molecule is O=S(=O)(NC[C@@](O)(c1ccoc1)c1ccco1)c1ccc2c(c1)OCCO2. The first-order valence-corrected chi connectivity index (χ1v) is 9.66. The van der Waals surface area contributed by atoms with E-state index in [-0.39, 0.29) is 17.2 Å². The Hall–Kier alpha value is -2.75. The number of fused-ring (bicyclic) bond motifs is 1. The van der Waals surface area contributed by atoms with Gasteiger partial charge in [0, 0.05) is 11.6 Å². The summed E-state index contributed by atoms with van der Waals surface area (Å²) in [4.78, 5) is 0.000684. The van der Waals surface area contributed by atoms with Gasteiger partial charge in [0.15, 0.2) is 17.1 Å². The predicted octanol–water partition coefficient (Wildman–Crippen LogP) is 1.86. The van der Waals surface area contributed by atoms with Crippen molar-refractivity contribution in [1.29, 1.82) is 0 Å². The largest absolute Gasteiger partial charge is 0.486 e. The molecule has 3 heterocycles. The molecule has 1 aromatic carbocycles. The highest BCUT2D eigenvalue weighted by Gasteiger charge is 2.37. The fourth-order valence-electron chi connectivity index (χ4n) is 2.82. The van der Waals surface area contributed by atoms with Crippen LogP contribution in [0.4, 0.5) is 0 Å². The van der Waals surface area contributed by atoms with E-state index in [9.17, 15) is 13.5 Å². The molecular formula is C18H17NO7S. The van der Waals surface area contributed by atoms with Crippen molar-refractivity contribution in [1.82, 2.24) is 4.72 Å². The van der Waals surface area contributed by atoms with Crippen LogP contribution in [0.25, 0.3) is 0 Å². The van der Waals surface area contributed by atoms with Crippen molar-refractivity contribution in [3.05, 3.63) is 66.5 Å². The van der Waals surface area contributed by atoms with Gasteiger partial charge in [-0.1, -0.05) is 0 Å². The summed E-state index contributed by atoms with van der Waals surface area (Å²) in [6, 6.07) is 9.06. The van der Waals surface area contributed by atoms with E-state index in [0.29, 0.717) is 30.3 Å². The van der Waals surface area contributed by atoms with Crippen molar-refractivity contribution in [3.63, 3.8) is 0 Å². The van der Waals surface area contributed by atoms with Crippen LogP contribution in [0.15, 0.2) is 68.9 Å². The molecule has 1 aliphatic rings. The van der Waals surface area contributed by atoms with Crippen LogP contribution in [0.3, 0.4) is 0 Å². The van der Waals surface area contributed by atoms with Crippen molar-refractivity contribution in [2.75, 3.05) is 19.8 Å². The predicted molar refractivity (Wildman–Crippen MR) is 93.0 cm³/mol. The topological polar surface area (TPSA) is 111 Å². The van der Waals surface area contributed by atoms with Crippen LogP contribution in [0.1, 0.15) is 11.3 Å². The third-order valence-electron chi connectivity index (χ3n) is 4.27. The normalized spacial score (nSPS) is 16.0. The fraction of sp³-hybridized carbons (Fsp3) is 0.222. The summed E-state index contributed by atoms with van der Waals surface area (Å²) < 4.78 is 49.0. The average molecular weight is 391 g/mol. The molecular weight excluding hydrogens is 374 g/mol. The van der Waals surface area contributed by atoms with E-state index in [1.165, 1.54) is 37.0 Å². The third-order valence-corrected chi connectivity index (χ3v) is 5.67. The Kier molecular flexibility index (Phi) is 4.42. The molecule has 142 valence electrons. The van der Waals surface area contributed by atoms with Crippen LogP contribution in [0.2, 0.25) is 0 Å². The Balaban J connectivity index is 1.61. The number of nitrogens with one attached hydrogen (secondary N) is 1. The molecule has 3 aromatic rings. The number of furan rings is 2. The zero-order chi connectivity index (χ0) is 18.9. The van der Waals surface area contributed by atoms with Crippen molar-refractivity contribution in [2.45, 2.75) is 10.5 Å². The van der Waals surface area contributed by atoms with Crippen LogP contribution in [0, 0.1) is 0 Å². The molecule has 9 heteroatoms. The van der Waals surface area contributed by atoms with Crippen molar-refractivity contribution in [2.24, 2.45) is 0 Å². The number of benzene rings is 1. The summed E-state index contributed by atoms with van der Waals surface area (Å²) in [7, 11) is -3.93. The fourth-order valence-corrected chi connectivity index (χ4v) is 3.89. The van der Waals surface area contributed by atoms with E-state index in [0.717, 1.165) is 0 Å². The van der Waals surface area contributed by atoms with Gasteiger partial charge in [0.25, 0.3) is 0 Å². The van der Waals surface area contributed by atoms with E-state index in [1.807, 2.05) is 0 Å². The highest BCUT2D eigenvalue weighted by molar-refractivity contribution is 7.89. The molecule has 27 heavy (non-hydrogen) atoms. The van der Waals surface area contributed by atoms with Crippen LogP contribution in [0.5, 0.6) is 11.5 Å². The highest BCUT2D eigenvalue weighted by atomic mass is 32.2. The molecule has 2 aromatic heterocycles. The maximum Gasteiger partial charge on any atom is 0.240 e. The number of ether oxygens (including phenoxy) is 2. The Morgan fingerprint density at radius 3 is 2.59 bits per heavy atom. The maximum atomic E-state index is 12.7. The second-order valence-corrected chi connectivity index (χ2v) is 7.75. The van der Waals surface area contributed by atoms with Crippen LogP contribution >= 0.6 is 0 Å². The van der Waals surface area contributed by atoms with Gasteiger partial charge >= 0.3 is 0 Å². The van der Waals surface area contributed by atoms with Gasteiger partial charge in [-0.2, -0.15) is 0 Å². The van der Waals surface area contributed by atoms with Crippen molar-refractivity contribution in [3.8, 4) is 11.5 Å². The van der Waals surface area contributed by atoms with Crippen molar-refractivity contribution >= 4 is 10.0 Å². The maximum absolute atomic E-state index is 12.7. The van der Waals surface area contributed by atoms with Gasteiger partial charge in [-0.15, -0.1) is 0 Å². The molecule has 1 atom stereocenters. The van der Waals surface area contributed by atoms with Gasteiger partial charge < -0.3 is 23.4 Å². The Bertz CT molecular complexity index is 976. The molecule has 1 aliphatic heterocycles. The second-order valence-electron chi connectivity index (χ2n) is 5.98. The standard InChI is InChI=1S/C18H17NO7S/c20-18(13-5-7-23-11-13,17-2-1-6-26-17)12-19-27(21,22)14-3-4-15-16(10-14)25-9-8-24-15/h1-7,10-11,19-20H,8-9,12H2/t18-/m1/s1. The van der Waals surface area contributed by atoms with Gasteiger partial charge in [-0.25, -0.2) is 13.1 Å². The van der Waals surface area contributed by atoms with Crippen molar-refractivity contribution < 1.29 is 31.8 Å². The van der Waals surface area contributed by atoms with Gasteiger partial charge in [0.05, 0.1) is 30.2 Å².